The maximum Gasteiger partial charge on any atom is 0.273 e. The summed E-state index contributed by atoms with van der Waals surface area (Å²) >= 11 is 0. The third kappa shape index (κ3) is 3.31. The molecule has 0 radical (unpaired) electrons. The number of pyridine rings is 1. The van der Waals surface area contributed by atoms with Crippen LogP contribution in [-0.4, -0.2) is 22.5 Å². The highest BCUT2D eigenvalue weighted by molar-refractivity contribution is 5.94. The number of hydrogen-bond donors (Lipinski definition) is 2. The van der Waals surface area contributed by atoms with E-state index in [-0.39, 0.29) is 23.3 Å². The van der Waals surface area contributed by atoms with E-state index < -0.39 is 0 Å². The van der Waals surface area contributed by atoms with Crippen LogP contribution in [0.1, 0.15) is 28.9 Å². The molecule has 1 aromatic carbocycles. The molecule has 0 bridgehead atoms. The summed E-state index contributed by atoms with van der Waals surface area (Å²) in [6.45, 7) is 2.53. The van der Waals surface area contributed by atoms with Gasteiger partial charge in [0.05, 0.1) is 0 Å². The number of nitrogens with one attached hydrogen (secondary N) is 1. The lowest BCUT2D eigenvalue weighted by Crippen LogP contribution is -2.28. The second-order valence-corrected chi connectivity index (χ2v) is 4.39. The summed E-state index contributed by atoms with van der Waals surface area (Å²) in [7, 11) is 0. The van der Waals surface area contributed by atoms with Crippen molar-refractivity contribution in [3.8, 4) is 5.75 Å². The molecule has 1 unspecified atom stereocenters. The maximum atomic E-state index is 11.9. The molecular formula is C15H16N2O2. The Morgan fingerprint density at radius 1 is 1.26 bits per heavy atom. The van der Waals surface area contributed by atoms with Gasteiger partial charge in [-0.25, -0.2) is 4.98 Å². The van der Waals surface area contributed by atoms with Crippen molar-refractivity contribution in [3.63, 3.8) is 0 Å². The molecule has 19 heavy (non-hydrogen) atoms. The molecule has 0 fully saturated rings. The summed E-state index contributed by atoms with van der Waals surface area (Å²) in [5.41, 5.74) is 1.22. The van der Waals surface area contributed by atoms with Gasteiger partial charge in [0.15, 0.2) is 5.69 Å². The Hall–Kier alpha value is -2.36. The van der Waals surface area contributed by atoms with E-state index in [2.05, 4.69) is 10.3 Å². The van der Waals surface area contributed by atoms with Crippen LogP contribution in [0.25, 0.3) is 0 Å². The van der Waals surface area contributed by atoms with Gasteiger partial charge in [0.25, 0.3) is 5.91 Å². The van der Waals surface area contributed by atoms with Crippen molar-refractivity contribution < 1.29 is 9.90 Å². The highest BCUT2D eigenvalue weighted by atomic mass is 16.3. The zero-order valence-electron chi connectivity index (χ0n) is 10.7. The molecule has 1 aromatic heterocycles. The Morgan fingerprint density at radius 3 is 2.68 bits per heavy atom. The molecule has 1 amide bonds. The van der Waals surface area contributed by atoms with Gasteiger partial charge in [-0.2, -0.15) is 0 Å². The molecule has 4 nitrogen and oxygen atoms in total. The Kier molecular flexibility index (Phi) is 4.13. The first-order valence-electron chi connectivity index (χ1n) is 6.15. The number of carbonyl (C=O) groups excluding carboxylic acids is 1. The van der Waals surface area contributed by atoms with Gasteiger partial charge in [0.1, 0.15) is 5.75 Å². The molecule has 2 aromatic rings. The number of carbonyl (C=O) groups is 1. The van der Waals surface area contributed by atoms with Crippen LogP contribution in [0.2, 0.25) is 0 Å². The molecule has 0 aliphatic heterocycles. The van der Waals surface area contributed by atoms with Crippen molar-refractivity contribution in [3.05, 3.63) is 59.9 Å². The predicted molar refractivity (Wildman–Crippen MR) is 73.1 cm³/mol. The monoisotopic (exact) mass is 256 g/mol. The average molecular weight is 256 g/mol. The van der Waals surface area contributed by atoms with Gasteiger partial charge in [-0.3, -0.25) is 4.79 Å². The summed E-state index contributed by atoms with van der Waals surface area (Å²) in [6, 6.07) is 13.0. The Morgan fingerprint density at radius 2 is 2.00 bits per heavy atom. The normalized spacial score (nSPS) is 11.8. The van der Waals surface area contributed by atoms with E-state index in [9.17, 15) is 9.90 Å². The molecule has 0 saturated heterocycles. The number of nitrogens with zero attached hydrogens (tertiary/aromatic N) is 1. The minimum Gasteiger partial charge on any atom is -0.505 e. The van der Waals surface area contributed by atoms with Crippen molar-refractivity contribution in [2.45, 2.75) is 12.8 Å². The second-order valence-electron chi connectivity index (χ2n) is 4.39. The molecule has 0 aliphatic rings. The minimum absolute atomic E-state index is 0.0581. The largest absolute Gasteiger partial charge is 0.505 e. The summed E-state index contributed by atoms with van der Waals surface area (Å²) in [6.07, 6.45) is 1.48. The van der Waals surface area contributed by atoms with Gasteiger partial charge in [-0.15, -0.1) is 0 Å². The number of rotatable bonds is 4. The fraction of sp³-hybridized carbons (Fsp3) is 0.200. The molecule has 1 atom stereocenters. The molecule has 4 heteroatoms. The predicted octanol–water partition coefficient (Wildman–Crippen LogP) is 2.32. The molecule has 0 saturated carbocycles. The number of hydrogen-bond acceptors (Lipinski definition) is 3. The van der Waals surface area contributed by atoms with E-state index in [1.165, 1.54) is 12.3 Å². The van der Waals surface area contributed by atoms with Gasteiger partial charge in [0.2, 0.25) is 0 Å². The van der Waals surface area contributed by atoms with Crippen LogP contribution < -0.4 is 5.32 Å². The smallest absolute Gasteiger partial charge is 0.273 e. The molecule has 98 valence electrons. The van der Waals surface area contributed by atoms with Crippen LogP contribution in [0.3, 0.4) is 0 Å². The lowest BCUT2D eigenvalue weighted by Gasteiger charge is -2.13. The Labute approximate surface area is 112 Å². The lowest BCUT2D eigenvalue weighted by atomic mass is 10.0. The van der Waals surface area contributed by atoms with Crippen LogP contribution >= 0.6 is 0 Å². The molecule has 2 N–H and O–H groups in total. The van der Waals surface area contributed by atoms with Gasteiger partial charge >= 0.3 is 0 Å². The summed E-state index contributed by atoms with van der Waals surface area (Å²) in [5.74, 6) is -0.260. The molecule has 0 aliphatic carbocycles. The number of aromatic hydroxyl groups is 1. The van der Waals surface area contributed by atoms with E-state index in [1.54, 1.807) is 6.07 Å². The van der Waals surface area contributed by atoms with E-state index in [1.807, 2.05) is 37.3 Å². The fourth-order valence-electron chi connectivity index (χ4n) is 1.80. The first-order chi connectivity index (χ1) is 9.18. The van der Waals surface area contributed by atoms with Gasteiger partial charge in [0, 0.05) is 12.7 Å². The number of amides is 1. The van der Waals surface area contributed by atoms with Gasteiger partial charge < -0.3 is 10.4 Å². The van der Waals surface area contributed by atoms with Crippen molar-refractivity contribution in [1.29, 1.82) is 0 Å². The van der Waals surface area contributed by atoms with Gasteiger partial charge in [-0.1, -0.05) is 37.3 Å². The van der Waals surface area contributed by atoms with E-state index >= 15 is 0 Å². The van der Waals surface area contributed by atoms with Crippen LogP contribution in [0, 0.1) is 0 Å². The lowest BCUT2D eigenvalue weighted by molar-refractivity contribution is 0.0943. The standard InChI is InChI=1S/C15H16N2O2/c1-11(12-6-3-2-4-7-12)10-17-15(19)14-13(18)8-5-9-16-14/h2-9,11,18H,10H2,1H3,(H,17,19). The zero-order valence-corrected chi connectivity index (χ0v) is 10.7. The number of benzene rings is 1. The summed E-state index contributed by atoms with van der Waals surface area (Å²) in [4.78, 5) is 15.7. The zero-order chi connectivity index (χ0) is 13.7. The molecular weight excluding hydrogens is 240 g/mol. The minimum atomic E-state index is -0.360. The van der Waals surface area contributed by atoms with Gasteiger partial charge in [-0.05, 0) is 23.6 Å². The number of aromatic nitrogens is 1. The van der Waals surface area contributed by atoms with Crippen LogP contribution in [0.4, 0.5) is 0 Å². The Bertz CT molecular complexity index is 555. The van der Waals surface area contributed by atoms with E-state index in [0.29, 0.717) is 6.54 Å². The molecule has 0 spiro atoms. The topological polar surface area (TPSA) is 62.2 Å². The van der Waals surface area contributed by atoms with Crippen molar-refractivity contribution >= 4 is 5.91 Å². The second kappa shape index (κ2) is 6.00. The first kappa shape index (κ1) is 13.1. The SMILES string of the molecule is CC(CNC(=O)c1ncccc1O)c1ccccc1. The van der Waals surface area contributed by atoms with E-state index in [0.717, 1.165) is 5.56 Å². The van der Waals surface area contributed by atoms with E-state index in [4.69, 9.17) is 0 Å². The van der Waals surface area contributed by atoms with Crippen molar-refractivity contribution in [1.82, 2.24) is 10.3 Å². The Balaban J connectivity index is 1.96. The first-order valence-corrected chi connectivity index (χ1v) is 6.15. The quantitative estimate of drug-likeness (QED) is 0.882. The summed E-state index contributed by atoms with van der Waals surface area (Å²) in [5, 5.41) is 12.3. The van der Waals surface area contributed by atoms with Crippen LogP contribution in [0.5, 0.6) is 5.75 Å². The highest BCUT2D eigenvalue weighted by Gasteiger charge is 2.13. The molecule has 2 rings (SSSR count). The van der Waals surface area contributed by atoms with Crippen LogP contribution in [0.15, 0.2) is 48.7 Å². The highest BCUT2D eigenvalue weighted by Crippen LogP contribution is 2.15. The van der Waals surface area contributed by atoms with Crippen molar-refractivity contribution in [2.75, 3.05) is 6.54 Å². The summed E-state index contributed by atoms with van der Waals surface area (Å²) < 4.78 is 0. The third-order valence-corrected chi connectivity index (χ3v) is 2.94. The van der Waals surface area contributed by atoms with Crippen LogP contribution in [-0.2, 0) is 0 Å². The third-order valence-electron chi connectivity index (χ3n) is 2.94. The fourth-order valence-corrected chi connectivity index (χ4v) is 1.80. The maximum absolute atomic E-state index is 11.9. The molecule has 1 heterocycles. The average Bonchev–Trinajstić information content (AvgIpc) is 2.46. The van der Waals surface area contributed by atoms with Crippen molar-refractivity contribution in [2.24, 2.45) is 0 Å².